The molecular formula is C27H31NO6. The number of rotatable bonds is 7. The number of piperidine rings is 1. The highest BCUT2D eigenvalue weighted by molar-refractivity contribution is 5.82. The molecule has 34 heavy (non-hydrogen) atoms. The van der Waals surface area contributed by atoms with Gasteiger partial charge in [0.15, 0.2) is 6.29 Å². The minimum Gasteiger partial charge on any atom is -0.448 e. The Balaban J connectivity index is 1.26. The van der Waals surface area contributed by atoms with E-state index in [1.54, 1.807) is 0 Å². The van der Waals surface area contributed by atoms with E-state index in [0.29, 0.717) is 26.1 Å². The first-order chi connectivity index (χ1) is 16.6. The fourth-order valence-electron chi connectivity index (χ4n) is 5.74. The molecule has 2 atom stereocenters. The molecule has 7 heteroatoms. The van der Waals surface area contributed by atoms with Gasteiger partial charge >= 0.3 is 6.09 Å². The summed E-state index contributed by atoms with van der Waals surface area (Å²) in [6.07, 6.45) is 0.490. The van der Waals surface area contributed by atoms with E-state index in [-0.39, 0.29) is 48.8 Å². The minimum absolute atomic E-state index is 0.0200. The van der Waals surface area contributed by atoms with E-state index in [4.69, 9.17) is 18.9 Å². The van der Waals surface area contributed by atoms with Crippen molar-refractivity contribution in [2.45, 2.75) is 43.6 Å². The number of ketones is 1. The van der Waals surface area contributed by atoms with Gasteiger partial charge < -0.3 is 18.9 Å². The fourth-order valence-corrected chi connectivity index (χ4v) is 5.74. The monoisotopic (exact) mass is 465 g/mol. The summed E-state index contributed by atoms with van der Waals surface area (Å²) < 4.78 is 22.0. The van der Waals surface area contributed by atoms with E-state index in [1.807, 2.05) is 29.2 Å². The van der Waals surface area contributed by atoms with E-state index in [0.717, 1.165) is 0 Å². The van der Waals surface area contributed by atoms with Gasteiger partial charge in [0.1, 0.15) is 12.4 Å². The Bertz CT molecular complexity index is 991. The van der Waals surface area contributed by atoms with Gasteiger partial charge in [0.05, 0.1) is 31.7 Å². The molecule has 2 aromatic carbocycles. The molecule has 2 bridgehead atoms. The molecule has 2 aromatic rings. The SMILES string of the molecule is COC(CC(=O)C1CC2COCC(C1)N2C(=O)OCC1c2ccccc2-c2ccccc21)OC. The van der Waals surface area contributed by atoms with Crippen LogP contribution in [0, 0.1) is 5.92 Å². The number of ether oxygens (including phenoxy) is 4. The Morgan fingerprint density at radius 1 is 0.941 bits per heavy atom. The van der Waals surface area contributed by atoms with Gasteiger partial charge in [-0.3, -0.25) is 9.69 Å². The molecule has 1 aliphatic carbocycles. The first kappa shape index (κ1) is 23.0. The van der Waals surface area contributed by atoms with Gasteiger partial charge in [-0.05, 0) is 35.1 Å². The summed E-state index contributed by atoms with van der Waals surface area (Å²) in [5.74, 6) is -0.00583. The second-order valence-electron chi connectivity index (χ2n) is 9.30. The lowest BCUT2D eigenvalue weighted by molar-refractivity contribution is -0.146. The van der Waals surface area contributed by atoms with Crippen molar-refractivity contribution in [2.75, 3.05) is 34.0 Å². The van der Waals surface area contributed by atoms with E-state index in [9.17, 15) is 9.59 Å². The average Bonchev–Trinajstić information content (AvgIpc) is 3.18. The summed E-state index contributed by atoms with van der Waals surface area (Å²) in [4.78, 5) is 27.9. The predicted octanol–water partition coefficient (Wildman–Crippen LogP) is 3.99. The summed E-state index contributed by atoms with van der Waals surface area (Å²) in [5, 5.41) is 0. The van der Waals surface area contributed by atoms with Crippen molar-refractivity contribution in [3.63, 3.8) is 0 Å². The number of benzene rings is 2. The lowest BCUT2D eigenvalue weighted by Gasteiger charge is -2.47. The van der Waals surface area contributed by atoms with Gasteiger partial charge in [0.25, 0.3) is 0 Å². The molecule has 0 N–H and O–H groups in total. The van der Waals surface area contributed by atoms with Crippen LogP contribution in [0.15, 0.2) is 48.5 Å². The molecule has 5 rings (SSSR count). The normalized spacial score (nSPS) is 23.5. The van der Waals surface area contributed by atoms with Crippen molar-refractivity contribution < 1.29 is 28.5 Å². The van der Waals surface area contributed by atoms with Crippen LogP contribution in [0.5, 0.6) is 0 Å². The van der Waals surface area contributed by atoms with Crippen molar-refractivity contribution in [3.8, 4) is 11.1 Å². The van der Waals surface area contributed by atoms with Crippen LogP contribution in [0.1, 0.15) is 36.3 Å². The Morgan fingerprint density at radius 3 is 2.06 bits per heavy atom. The van der Waals surface area contributed by atoms with Crippen molar-refractivity contribution in [1.82, 2.24) is 4.90 Å². The maximum absolute atomic E-state index is 13.3. The fraction of sp³-hybridized carbons (Fsp3) is 0.481. The largest absolute Gasteiger partial charge is 0.448 e. The number of methoxy groups -OCH3 is 2. The standard InChI is InChI=1S/C27H31NO6/c1-31-26(32-2)13-25(29)17-11-18-14-33-15-19(12-17)28(18)27(30)34-16-24-22-9-5-3-7-20(22)21-8-4-6-10-23(21)24/h3-10,17-19,24,26H,11-16H2,1-2H3. The van der Waals surface area contributed by atoms with Gasteiger partial charge in [-0.25, -0.2) is 4.79 Å². The number of fused-ring (bicyclic) bond motifs is 5. The Morgan fingerprint density at radius 2 is 1.50 bits per heavy atom. The highest BCUT2D eigenvalue weighted by atomic mass is 16.7. The number of morpholine rings is 1. The first-order valence-electron chi connectivity index (χ1n) is 11.9. The van der Waals surface area contributed by atoms with Crippen LogP contribution in [-0.2, 0) is 23.7 Å². The molecule has 2 unspecified atom stereocenters. The second kappa shape index (κ2) is 9.86. The number of carbonyl (C=O) groups excluding carboxylic acids is 2. The highest BCUT2D eigenvalue weighted by Gasteiger charge is 2.45. The van der Waals surface area contributed by atoms with Crippen LogP contribution in [0.4, 0.5) is 4.79 Å². The molecule has 3 aliphatic rings. The van der Waals surface area contributed by atoms with Crippen LogP contribution in [0.2, 0.25) is 0 Å². The molecule has 0 spiro atoms. The van der Waals surface area contributed by atoms with Gasteiger partial charge in [-0.1, -0.05) is 48.5 Å². The summed E-state index contributed by atoms with van der Waals surface area (Å²) >= 11 is 0. The van der Waals surface area contributed by atoms with Crippen LogP contribution in [0.25, 0.3) is 11.1 Å². The molecule has 2 saturated heterocycles. The molecule has 1 amide bonds. The van der Waals surface area contributed by atoms with Crippen LogP contribution in [0.3, 0.4) is 0 Å². The molecule has 0 radical (unpaired) electrons. The molecule has 2 fully saturated rings. The summed E-state index contributed by atoms with van der Waals surface area (Å²) in [6.45, 7) is 1.13. The molecule has 180 valence electrons. The van der Waals surface area contributed by atoms with Crippen molar-refractivity contribution >= 4 is 11.9 Å². The van der Waals surface area contributed by atoms with Gasteiger partial charge in [-0.2, -0.15) is 0 Å². The zero-order valence-electron chi connectivity index (χ0n) is 19.6. The van der Waals surface area contributed by atoms with Crippen LogP contribution in [-0.4, -0.2) is 69.2 Å². The van der Waals surface area contributed by atoms with Gasteiger partial charge in [-0.15, -0.1) is 0 Å². The van der Waals surface area contributed by atoms with Gasteiger partial charge in [0.2, 0.25) is 0 Å². The third-order valence-corrected chi connectivity index (χ3v) is 7.42. The van der Waals surface area contributed by atoms with Crippen LogP contribution >= 0.6 is 0 Å². The molecular weight excluding hydrogens is 434 g/mol. The predicted molar refractivity (Wildman–Crippen MR) is 125 cm³/mol. The summed E-state index contributed by atoms with van der Waals surface area (Å²) in [6, 6.07) is 16.3. The maximum Gasteiger partial charge on any atom is 0.410 e. The third kappa shape index (κ3) is 4.24. The van der Waals surface area contributed by atoms with Crippen molar-refractivity contribution in [1.29, 1.82) is 0 Å². The summed E-state index contributed by atoms with van der Waals surface area (Å²) in [5.41, 5.74) is 4.79. The number of amides is 1. The maximum atomic E-state index is 13.3. The molecule has 2 heterocycles. The number of hydrogen-bond acceptors (Lipinski definition) is 6. The lowest BCUT2D eigenvalue weighted by atomic mass is 9.82. The average molecular weight is 466 g/mol. The number of Topliss-reactive ketones (excluding diaryl/α,β-unsaturated/α-hetero) is 1. The van der Waals surface area contributed by atoms with Crippen molar-refractivity contribution in [2.24, 2.45) is 5.92 Å². The molecule has 7 nitrogen and oxygen atoms in total. The quantitative estimate of drug-likeness (QED) is 0.576. The van der Waals surface area contributed by atoms with Crippen molar-refractivity contribution in [3.05, 3.63) is 59.7 Å². The third-order valence-electron chi connectivity index (χ3n) is 7.42. The Kier molecular flexibility index (Phi) is 6.68. The zero-order valence-corrected chi connectivity index (χ0v) is 19.6. The number of carbonyl (C=O) groups is 2. The van der Waals surface area contributed by atoms with E-state index in [2.05, 4.69) is 24.3 Å². The van der Waals surface area contributed by atoms with E-state index >= 15 is 0 Å². The molecule has 0 aromatic heterocycles. The molecule has 2 aliphatic heterocycles. The lowest BCUT2D eigenvalue weighted by Crippen LogP contribution is -2.60. The zero-order chi connectivity index (χ0) is 23.7. The highest BCUT2D eigenvalue weighted by Crippen LogP contribution is 2.44. The molecule has 0 saturated carbocycles. The van der Waals surface area contributed by atoms with Crippen LogP contribution < -0.4 is 0 Å². The second-order valence-corrected chi connectivity index (χ2v) is 9.30. The Labute approximate surface area is 199 Å². The van der Waals surface area contributed by atoms with Gasteiger partial charge in [0, 0.05) is 26.1 Å². The summed E-state index contributed by atoms with van der Waals surface area (Å²) in [7, 11) is 3.06. The minimum atomic E-state index is -0.538. The smallest absolute Gasteiger partial charge is 0.410 e. The Hall–Kier alpha value is -2.74. The number of hydrogen-bond donors (Lipinski definition) is 0. The van der Waals surface area contributed by atoms with E-state index < -0.39 is 6.29 Å². The number of nitrogens with zero attached hydrogens (tertiary/aromatic N) is 1. The van der Waals surface area contributed by atoms with E-state index in [1.165, 1.54) is 36.5 Å². The first-order valence-corrected chi connectivity index (χ1v) is 11.9. The topological polar surface area (TPSA) is 74.3 Å².